The summed E-state index contributed by atoms with van der Waals surface area (Å²) in [5.41, 5.74) is 4.85. The average Bonchev–Trinajstić information content (AvgIpc) is 1.87. The van der Waals surface area contributed by atoms with Crippen LogP contribution >= 0.6 is 0 Å². The topological polar surface area (TPSA) is 132 Å². The normalized spacial score (nSPS) is 12.0. The molecule has 0 fully saturated rings. The number of rotatable bonds is 3. The molecule has 0 spiro atoms. The molecule has 0 radical (unpaired) electrons. The summed E-state index contributed by atoms with van der Waals surface area (Å²) < 4.78 is 0. The molecule has 0 rings (SSSR count). The molecule has 0 saturated carbocycles. The highest BCUT2D eigenvalue weighted by Crippen LogP contribution is 1.94. The predicted molar refractivity (Wildman–Crippen MR) is 22.7 cm³/mol. The molecule has 50 valence electrons. The minimum absolute atomic E-state index is 2.04. The zero-order valence-corrected chi connectivity index (χ0v) is 4.03. The molecule has 0 amide bonds. The van der Waals surface area contributed by atoms with Crippen molar-refractivity contribution in [3.8, 4) is 0 Å². The van der Waals surface area contributed by atoms with E-state index in [1.54, 1.807) is 0 Å². The molecule has 0 atom stereocenters. The van der Waals surface area contributed by atoms with Crippen molar-refractivity contribution in [1.29, 1.82) is 0 Å². The first-order valence-corrected chi connectivity index (χ1v) is 1.61. The summed E-state index contributed by atoms with van der Waals surface area (Å²) in [6, 6.07) is 0. The quantitative estimate of drug-likeness (QED) is 0.236. The SMILES string of the molecule is NOC(N)(ON)ON. The van der Waals surface area contributed by atoms with E-state index in [1.165, 1.54) is 0 Å². The van der Waals surface area contributed by atoms with Gasteiger partial charge in [0, 0.05) is 0 Å². The van der Waals surface area contributed by atoms with Gasteiger partial charge in [0.25, 0.3) is 0 Å². The zero-order chi connectivity index (χ0) is 6.62. The van der Waals surface area contributed by atoms with Crippen LogP contribution in [0.4, 0.5) is 0 Å². The third-order valence-corrected chi connectivity index (χ3v) is 0.493. The van der Waals surface area contributed by atoms with Crippen LogP contribution in [0.25, 0.3) is 0 Å². The van der Waals surface area contributed by atoms with E-state index in [1.807, 2.05) is 0 Å². The summed E-state index contributed by atoms with van der Waals surface area (Å²) >= 11 is 0. The van der Waals surface area contributed by atoms with E-state index in [9.17, 15) is 0 Å². The largest absolute Gasteiger partial charge is 0.396 e. The number of nitrogens with two attached hydrogens (primary N) is 4. The van der Waals surface area contributed by atoms with Gasteiger partial charge < -0.3 is 0 Å². The van der Waals surface area contributed by atoms with Gasteiger partial charge in [-0.3, -0.25) is 5.73 Å². The van der Waals surface area contributed by atoms with Gasteiger partial charge in [0.05, 0.1) is 0 Å². The Morgan fingerprint density at radius 3 is 1.12 bits per heavy atom. The van der Waals surface area contributed by atoms with Crippen LogP contribution in [0.1, 0.15) is 0 Å². The van der Waals surface area contributed by atoms with Crippen molar-refractivity contribution in [3.63, 3.8) is 0 Å². The van der Waals surface area contributed by atoms with Crippen molar-refractivity contribution in [1.82, 2.24) is 0 Å². The van der Waals surface area contributed by atoms with E-state index >= 15 is 0 Å². The first-order chi connectivity index (χ1) is 3.68. The Balaban J connectivity index is 3.58. The molecule has 8 N–H and O–H groups in total. The second-order valence-electron chi connectivity index (χ2n) is 0.957. The molecule has 0 bridgehead atoms. The van der Waals surface area contributed by atoms with Crippen LogP contribution in [0, 0.1) is 0 Å². The summed E-state index contributed by atoms with van der Waals surface area (Å²) in [6.45, 7) is 0. The van der Waals surface area contributed by atoms with E-state index in [2.05, 4.69) is 32.2 Å². The Morgan fingerprint density at radius 1 is 0.875 bits per heavy atom. The van der Waals surface area contributed by atoms with Gasteiger partial charge in [0.15, 0.2) is 0 Å². The van der Waals surface area contributed by atoms with Gasteiger partial charge >= 0.3 is 6.10 Å². The molecule has 0 aliphatic heterocycles. The van der Waals surface area contributed by atoms with Crippen molar-refractivity contribution < 1.29 is 14.5 Å². The van der Waals surface area contributed by atoms with Crippen molar-refractivity contribution in [2.75, 3.05) is 0 Å². The highest BCUT2D eigenvalue weighted by atomic mass is 17.0. The molecule has 0 aliphatic carbocycles. The molecule has 8 heavy (non-hydrogen) atoms. The van der Waals surface area contributed by atoms with Crippen LogP contribution in [0.5, 0.6) is 0 Å². The van der Waals surface area contributed by atoms with Gasteiger partial charge in [-0.1, -0.05) is 0 Å². The molecule has 0 aromatic rings. The van der Waals surface area contributed by atoms with E-state index < -0.39 is 6.10 Å². The summed E-state index contributed by atoms with van der Waals surface area (Å²) in [6.07, 6.45) is -2.04. The highest BCUT2D eigenvalue weighted by molar-refractivity contribution is 4.32. The fraction of sp³-hybridized carbons (Fsp3) is 1.00. The molecule has 0 aromatic carbocycles. The molecule has 0 unspecified atom stereocenters. The van der Waals surface area contributed by atoms with E-state index in [0.29, 0.717) is 0 Å². The summed E-state index contributed by atoms with van der Waals surface area (Å²) in [5, 5.41) is 0. The van der Waals surface area contributed by atoms with E-state index in [-0.39, 0.29) is 0 Å². The summed E-state index contributed by atoms with van der Waals surface area (Å²) in [4.78, 5) is 11.5. The lowest BCUT2D eigenvalue weighted by molar-refractivity contribution is -0.386. The highest BCUT2D eigenvalue weighted by Gasteiger charge is 2.25. The molecule has 0 aromatic heterocycles. The monoisotopic (exact) mass is 124 g/mol. The fourth-order valence-electron chi connectivity index (χ4n) is 0.0833. The first-order valence-electron chi connectivity index (χ1n) is 1.61. The van der Waals surface area contributed by atoms with Gasteiger partial charge in [-0.15, -0.1) is 0 Å². The van der Waals surface area contributed by atoms with Gasteiger partial charge in [-0.2, -0.15) is 0 Å². The third-order valence-electron chi connectivity index (χ3n) is 0.493. The summed E-state index contributed by atoms with van der Waals surface area (Å²) in [5.74, 6) is 13.5. The van der Waals surface area contributed by atoms with Crippen molar-refractivity contribution in [2.45, 2.75) is 6.10 Å². The number of hydrogen-bond acceptors (Lipinski definition) is 7. The van der Waals surface area contributed by atoms with Crippen molar-refractivity contribution >= 4 is 0 Å². The molecule has 7 heteroatoms. The van der Waals surface area contributed by atoms with E-state index in [4.69, 9.17) is 5.73 Å². The average molecular weight is 124 g/mol. The fourth-order valence-corrected chi connectivity index (χ4v) is 0.0833. The van der Waals surface area contributed by atoms with Crippen LogP contribution in [-0.4, -0.2) is 6.10 Å². The Labute approximate surface area is 45.3 Å². The summed E-state index contributed by atoms with van der Waals surface area (Å²) in [7, 11) is 0. The van der Waals surface area contributed by atoms with Crippen molar-refractivity contribution in [2.24, 2.45) is 23.4 Å². The van der Waals surface area contributed by atoms with E-state index in [0.717, 1.165) is 0 Å². The maximum absolute atomic E-state index is 4.85. The lowest BCUT2D eigenvalue weighted by Crippen LogP contribution is -2.53. The first kappa shape index (κ1) is 7.72. The smallest absolute Gasteiger partial charge is 0.250 e. The standard InChI is InChI=1S/CH8N4O3/c2-1(6-3,7-4)8-5/h2-5H2. The molecule has 7 nitrogen and oxygen atoms in total. The van der Waals surface area contributed by atoms with Crippen LogP contribution in [0.3, 0.4) is 0 Å². The second kappa shape index (κ2) is 2.89. The minimum atomic E-state index is -2.04. The van der Waals surface area contributed by atoms with Crippen molar-refractivity contribution in [3.05, 3.63) is 0 Å². The maximum Gasteiger partial charge on any atom is 0.396 e. The molecule has 0 heterocycles. The maximum atomic E-state index is 4.85. The van der Waals surface area contributed by atoms with Gasteiger partial charge in [-0.25, -0.2) is 32.2 Å². The van der Waals surface area contributed by atoms with Crippen LogP contribution in [-0.2, 0) is 14.5 Å². The molecular formula is CH8N4O3. The second-order valence-corrected chi connectivity index (χ2v) is 0.957. The predicted octanol–water partition coefficient (Wildman–Crippen LogP) is -2.77. The number of hydrogen-bond donors (Lipinski definition) is 4. The Bertz CT molecular complexity index is 54.0. The van der Waals surface area contributed by atoms with Gasteiger partial charge in [-0.05, 0) is 0 Å². The van der Waals surface area contributed by atoms with Crippen LogP contribution in [0.2, 0.25) is 0 Å². The van der Waals surface area contributed by atoms with Gasteiger partial charge in [0.1, 0.15) is 0 Å². The Kier molecular flexibility index (Phi) is 2.79. The molecule has 0 aliphatic rings. The van der Waals surface area contributed by atoms with Crippen LogP contribution in [0.15, 0.2) is 0 Å². The lowest BCUT2D eigenvalue weighted by atomic mass is 11.0. The lowest BCUT2D eigenvalue weighted by Gasteiger charge is -2.18. The van der Waals surface area contributed by atoms with Crippen LogP contribution < -0.4 is 23.4 Å². The third kappa shape index (κ3) is 1.68. The Morgan fingerprint density at radius 2 is 1.12 bits per heavy atom. The zero-order valence-electron chi connectivity index (χ0n) is 4.03. The molecule has 0 saturated heterocycles. The Hall–Kier alpha value is -0.280. The van der Waals surface area contributed by atoms with Gasteiger partial charge in [0.2, 0.25) is 0 Å². The minimum Gasteiger partial charge on any atom is -0.250 e. The molecular weight excluding hydrogens is 116 g/mol.